The number of amides is 1. The molecule has 1 heterocycles. The molecule has 0 radical (unpaired) electrons. The summed E-state index contributed by atoms with van der Waals surface area (Å²) in [6.45, 7) is 0. The average Bonchev–Trinajstić information content (AvgIpc) is 2.16. The van der Waals surface area contributed by atoms with E-state index in [-0.39, 0.29) is 10.0 Å². The third kappa shape index (κ3) is 2.10. The second-order valence-electron chi connectivity index (χ2n) is 2.52. The number of carbonyl (C=O) groups is 1. The molecule has 0 aliphatic heterocycles. The Bertz CT molecular complexity index is 456. The van der Waals surface area contributed by atoms with Crippen LogP contribution in [0.1, 0.15) is 28.0 Å². The summed E-state index contributed by atoms with van der Waals surface area (Å²) in [5.74, 6) is -1.06. The molecule has 0 fully saturated rings. The molecule has 0 bridgehead atoms. The number of alkyl halides is 2. The third-order valence-electron chi connectivity index (χ3n) is 1.62. The van der Waals surface area contributed by atoms with Crippen LogP contribution in [0.5, 0.6) is 0 Å². The van der Waals surface area contributed by atoms with Crippen LogP contribution in [0.25, 0.3) is 0 Å². The number of carbonyl (C=O) groups excluding carboxylic acids is 1. The molecule has 78 valence electrons. The van der Waals surface area contributed by atoms with Crippen molar-refractivity contribution in [2.24, 2.45) is 5.73 Å². The van der Waals surface area contributed by atoms with E-state index in [0.717, 1.165) is 6.20 Å². The first-order valence-electron chi connectivity index (χ1n) is 3.65. The molecule has 0 aromatic carbocycles. The van der Waals surface area contributed by atoms with Gasteiger partial charge in [0.1, 0.15) is 11.8 Å². The fraction of sp³-hybridized carbons (Fsp3) is 0.125. The zero-order valence-corrected chi connectivity index (χ0v) is 8.75. The van der Waals surface area contributed by atoms with Gasteiger partial charge in [0, 0.05) is 10.7 Å². The first-order valence-corrected chi connectivity index (χ1v) is 4.44. The number of nitriles is 1. The standard InChI is InChI=1S/C8H4BrF2N3O/c9-5-3(1-12)2-14-6(8(13)15)4(5)7(10)11/h2,7H,(H2,13,15). The van der Waals surface area contributed by atoms with Gasteiger partial charge in [-0.05, 0) is 15.9 Å². The van der Waals surface area contributed by atoms with Crippen LogP contribution in [0, 0.1) is 11.3 Å². The summed E-state index contributed by atoms with van der Waals surface area (Å²) in [5, 5.41) is 8.57. The van der Waals surface area contributed by atoms with Crippen LogP contribution in [0.2, 0.25) is 0 Å². The van der Waals surface area contributed by atoms with Gasteiger partial charge in [-0.3, -0.25) is 4.79 Å². The molecule has 0 saturated heterocycles. The van der Waals surface area contributed by atoms with Crippen molar-refractivity contribution in [3.63, 3.8) is 0 Å². The van der Waals surface area contributed by atoms with E-state index in [1.807, 2.05) is 0 Å². The van der Waals surface area contributed by atoms with Crippen LogP contribution >= 0.6 is 15.9 Å². The first-order chi connectivity index (χ1) is 6.99. The Balaban J connectivity index is 3.53. The predicted octanol–water partition coefficient (Wildman–Crippen LogP) is 1.75. The third-order valence-corrected chi connectivity index (χ3v) is 2.48. The van der Waals surface area contributed by atoms with Gasteiger partial charge in [0.25, 0.3) is 12.3 Å². The van der Waals surface area contributed by atoms with Gasteiger partial charge in [-0.2, -0.15) is 5.26 Å². The lowest BCUT2D eigenvalue weighted by molar-refractivity contribution is 0.0979. The van der Waals surface area contributed by atoms with Crippen LogP contribution < -0.4 is 5.73 Å². The highest BCUT2D eigenvalue weighted by atomic mass is 79.9. The van der Waals surface area contributed by atoms with Gasteiger partial charge in [0.2, 0.25) is 0 Å². The van der Waals surface area contributed by atoms with E-state index in [1.165, 1.54) is 0 Å². The summed E-state index contributed by atoms with van der Waals surface area (Å²) in [6.07, 6.45) is -1.92. The molecule has 2 N–H and O–H groups in total. The van der Waals surface area contributed by atoms with E-state index in [1.54, 1.807) is 6.07 Å². The Morgan fingerprint density at radius 1 is 1.67 bits per heavy atom. The zero-order valence-electron chi connectivity index (χ0n) is 7.17. The molecule has 0 spiro atoms. The quantitative estimate of drug-likeness (QED) is 0.893. The largest absolute Gasteiger partial charge is 0.364 e. The summed E-state index contributed by atoms with van der Waals surface area (Å²) in [7, 11) is 0. The fourth-order valence-electron chi connectivity index (χ4n) is 0.978. The second kappa shape index (κ2) is 4.31. The molecule has 4 nitrogen and oxygen atoms in total. The number of nitrogens with two attached hydrogens (primary N) is 1. The van der Waals surface area contributed by atoms with E-state index in [2.05, 4.69) is 20.9 Å². The Morgan fingerprint density at radius 2 is 2.27 bits per heavy atom. The molecule has 1 aromatic heterocycles. The SMILES string of the molecule is N#Cc1cnc(C(N)=O)c(C(F)F)c1Br. The number of primary amides is 1. The van der Waals surface area contributed by atoms with Crippen molar-refractivity contribution < 1.29 is 13.6 Å². The molecule has 1 rings (SSSR count). The number of nitrogens with zero attached hydrogens (tertiary/aromatic N) is 2. The Labute approximate surface area is 91.8 Å². The van der Waals surface area contributed by atoms with Gasteiger partial charge in [-0.1, -0.05) is 0 Å². The number of rotatable bonds is 2. The maximum atomic E-state index is 12.6. The lowest BCUT2D eigenvalue weighted by Crippen LogP contribution is -2.17. The maximum absolute atomic E-state index is 12.6. The van der Waals surface area contributed by atoms with Crippen molar-refractivity contribution in [1.82, 2.24) is 4.98 Å². The summed E-state index contributed by atoms with van der Waals surface area (Å²) in [4.78, 5) is 14.2. The summed E-state index contributed by atoms with van der Waals surface area (Å²) >= 11 is 2.81. The van der Waals surface area contributed by atoms with Gasteiger partial charge < -0.3 is 5.73 Å². The number of hydrogen-bond donors (Lipinski definition) is 1. The minimum atomic E-state index is -2.93. The van der Waals surface area contributed by atoms with E-state index in [9.17, 15) is 13.6 Å². The molecule has 0 atom stereocenters. The van der Waals surface area contributed by atoms with Crippen molar-refractivity contribution in [1.29, 1.82) is 5.26 Å². The monoisotopic (exact) mass is 275 g/mol. The van der Waals surface area contributed by atoms with Crippen molar-refractivity contribution in [3.8, 4) is 6.07 Å². The van der Waals surface area contributed by atoms with E-state index < -0.39 is 23.6 Å². The Kier molecular flexibility index (Phi) is 3.31. The van der Waals surface area contributed by atoms with E-state index in [4.69, 9.17) is 11.0 Å². The molecule has 1 amide bonds. The van der Waals surface area contributed by atoms with Gasteiger partial charge in [0.05, 0.1) is 11.1 Å². The number of pyridine rings is 1. The van der Waals surface area contributed by atoms with E-state index in [0.29, 0.717) is 0 Å². The second-order valence-corrected chi connectivity index (χ2v) is 3.32. The molecule has 15 heavy (non-hydrogen) atoms. The average molecular weight is 276 g/mol. The number of halogens is 3. The number of aromatic nitrogens is 1. The zero-order chi connectivity index (χ0) is 11.6. The predicted molar refractivity (Wildman–Crippen MR) is 50.1 cm³/mol. The lowest BCUT2D eigenvalue weighted by Gasteiger charge is -2.07. The molecule has 1 aromatic rings. The molecule has 0 aliphatic carbocycles. The Hall–Kier alpha value is -1.55. The van der Waals surface area contributed by atoms with Crippen LogP contribution in [-0.4, -0.2) is 10.9 Å². The highest BCUT2D eigenvalue weighted by Crippen LogP contribution is 2.31. The molecule has 7 heteroatoms. The van der Waals surface area contributed by atoms with Crippen molar-refractivity contribution >= 4 is 21.8 Å². The molecular formula is C8H4BrF2N3O. The van der Waals surface area contributed by atoms with Crippen LogP contribution in [0.15, 0.2) is 10.7 Å². The minimum absolute atomic E-state index is 0.0738. The molecular weight excluding hydrogens is 272 g/mol. The summed E-state index contributed by atoms with van der Waals surface area (Å²) in [5.41, 5.74) is 3.62. The summed E-state index contributed by atoms with van der Waals surface area (Å²) in [6, 6.07) is 1.66. The van der Waals surface area contributed by atoms with Gasteiger partial charge in [-0.25, -0.2) is 13.8 Å². The topological polar surface area (TPSA) is 79.8 Å². The molecule has 0 aliphatic rings. The highest BCUT2D eigenvalue weighted by molar-refractivity contribution is 9.10. The highest BCUT2D eigenvalue weighted by Gasteiger charge is 2.23. The van der Waals surface area contributed by atoms with E-state index >= 15 is 0 Å². The van der Waals surface area contributed by atoms with Crippen LogP contribution in [0.4, 0.5) is 8.78 Å². The maximum Gasteiger partial charge on any atom is 0.267 e. The normalized spacial score (nSPS) is 10.1. The van der Waals surface area contributed by atoms with Crippen molar-refractivity contribution in [2.45, 2.75) is 6.43 Å². The smallest absolute Gasteiger partial charge is 0.267 e. The fourth-order valence-corrected chi connectivity index (χ4v) is 1.53. The molecule has 0 saturated carbocycles. The van der Waals surface area contributed by atoms with Gasteiger partial charge in [-0.15, -0.1) is 0 Å². The van der Waals surface area contributed by atoms with Crippen molar-refractivity contribution in [2.75, 3.05) is 0 Å². The molecule has 0 unspecified atom stereocenters. The van der Waals surface area contributed by atoms with Crippen molar-refractivity contribution in [3.05, 3.63) is 27.5 Å². The first kappa shape index (κ1) is 11.5. The minimum Gasteiger partial charge on any atom is -0.364 e. The lowest BCUT2D eigenvalue weighted by atomic mass is 10.1. The van der Waals surface area contributed by atoms with Crippen LogP contribution in [0.3, 0.4) is 0 Å². The Morgan fingerprint density at radius 3 is 2.67 bits per heavy atom. The van der Waals surface area contributed by atoms with Gasteiger partial charge >= 0.3 is 0 Å². The van der Waals surface area contributed by atoms with Crippen LogP contribution in [-0.2, 0) is 0 Å². The van der Waals surface area contributed by atoms with Gasteiger partial charge in [0.15, 0.2) is 0 Å². The number of hydrogen-bond acceptors (Lipinski definition) is 3. The summed E-state index contributed by atoms with van der Waals surface area (Å²) < 4.78 is 25.0.